The number of halogens is 11. The van der Waals surface area contributed by atoms with Gasteiger partial charge < -0.3 is 30.7 Å². The summed E-state index contributed by atoms with van der Waals surface area (Å²) < 4.78 is 93.9. The number of rotatable bonds is 18. The number of benzene rings is 7. The third kappa shape index (κ3) is 15.8. The maximum Gasteiger partial charge on any atom is 0.416 e. The minimum atomic E-state index is -4.78. The summed E-state index contributed by atoms with van der Waals surface area (Å²) in [6, 6.07) is 26.6. The van der Waals surface area contributed by atoms with Gasteiger partial charge in [-0.2, -0.15) is 36.5 Å². The molecule has 6 N–H and O–H groups in total. The summed E-state index contributed by atoms with van der Waals surface area (Å²) in [7, 11) is 0. The zero-order valence-corrected chi connectivity index (χ0v) is 45.8. The Hall–Kier alpha value is -8.67. The van der Waals surface area contributed by atoms with Crippen molar-refractivity contribution >= 4 is 139 Å². The van der Waals surface area contributed by atoms with E-state index in [2.05, 4.69) is 42.3 Å². The van der Waals surface area contributed by atoms with Gasteiger partial charge in [-0.1, -0.05) is 58.0 Å². The Balaban J connectivity index is 1.02. The molecule has 0 saturated heterocycles. The number of carbonyl (C=O) groups excluding carboxylic acids is 6. The van der Waals surface area contributed by atoms with Crippen molar-refractivity contribution in [3.05, 3.63) is 186 Å². The Morgan fingerprint density at radius 2 is 0.817 bits per heavy atom. The molecule has 0 unspecified atom stereocenters. The van der Waals surface area contributed by atoms with Gasteiger partial charge in [-0.25, -0.2) is 0 Å². The monoisotopic (exact) mass is 1230 g/mol. The molecule has 0 atom stereocenters. The van der Waals surface area contributed by atoms with Crippen LogP contribution < -0.4 is 41.6 Å². The summed E-state index contributed by atoms with van der Waals surface area (Å²) >= 11 is 31.1. The van der Waals surface area contributed by atoms with Gasteiger partial charge >= 0.3 is 12.4 Å². The van der Waals surface area contributed by atoms with E-state index in [9.17, 15) is 55.1 Å². The Labute approximate surface area is 485 Å². The fourth-order valence-corrected chi connectivity index (χ4v) is 7.81. The Morgan fingerprint density at radius 3 is 1.20 bits per heavy atom. The van der Waals surface area contributed by atoms with Crippen LogP contribution >= 0.6 is 58.0 Å². The largest absolute Gasteiger partial charge is 0.455 e. The Morgan fingerprint density at radius 1 is 0.427 bits per heavy atom. The van der Waals surface area contributed by atoms with Crippen molar-refractivity contribution in [3.63, 3.8) is 0 Å². The van der Waals surface area contributed by atoms with E-state index in [0.717, 1.165) is 50.2 Å². The highest BCUT2D eigenvalue weighted by Gasteiger charge is 2.33. The van der Waals surface area contributed by atoms with Gasteiger partial charge in [-0.05, 0) is 146 Å². The number of hydrogen-bond acceptors (Lipinski definition) is 12. The first-order chi connectivity index (χ1) is 38.6. The molecule has 0 aromatic heterocycles. The lowest BCUT2D eigenvalue weighted by atomic mass is 10.1. The lowest BCUT2D eigenvalue weighted by Gasteiger charge is -2.16. The molecule has 7 rings (SSSR count). The number of nitrogens with zero attached hydrogens (tertiary/aromatic N) is 2. The number of Topliss-reactive ketones (excluding diaryl/α,β-unsaturated/α-hetero) is 2. The number of nitrogens with one attached hydrogen (secondary N) is 6. The molecule has 27 heteroatoms. The van der Waals surface area contributed by atoms with Crippen LogP contribution in [0.25, 0.3) is 0 Å². The number of carbonyl (C=O) groups is 6. The van der Waals surface area contributed by atoms with Gasteiger partial charge in [0.05, 0.1) is 54.6 Å². The van der Waals surface area contributed by atoms with Gasteiger partial charge in [0.15, 0.2) is 34.5 Å². The summed E-state index contributed by atoms with van der Waals surface area (Å²) in [4.78, 5) is 79.6. The predicted octanol–water partition coefficient (Wildman–Crippen LogP) is 15.4. The predicted molar refractivity (Wildman–Crippen MR) is 302 cm³/mol. The highest BCUT2D eigenvalue weighted by molar-refractivity contribution is 6.68. The maximum absolute atomic E-state index is 13.7. The van der Waals surface area contributed by atoms with Crippen molar-refractivity contribution in [1.82, 2.24) is 0 Å². The van der Waals surface area contributed by atoms with Crippen molar-refractivity contribution < 1.29 is 64.6 Å². The van der Waals surface area contributed by atoms with Crippen molar-refractivity contribution in [2.45, 2.75) is 33.1 Å². The molecule has 422 valence electrons. The molecule has 0 aliphatic rings. The number of hydrogen-bond donors (Lipinski definition) is 6. The fourth-order valence-electron chi connectivity index (χ4n) is 7.02. The molecule has 0 saturated carbocycles. The van der Waals surface area contributed by atoms with Crippen molar-refractivity contribution in [2.24, 2.45) is 10.2 Å². The van der Waals surface area contributed by atoms with Crippen molar-refractivity contribution in [1.29, 1.82) is 0 Å². The normalized spacial score (nSPS) is 11.7. The average Bonchev–Trinajstić information content (AvgIpc) is 3.61. The second kappa shape index (κ2) is 25.8. The van der Waals surface area contributed by atoms with E-state index >= 15 is 0 Å². The molecule has 0 aliphatic heterocycles. The molecular formula is C55H37Cl5F6N8O8. The van der Waals surface area contributed by atoms with Gasteiger partial charge in [0.25, 0.3) is 23.6 Å². The summed E-state index contributed by atoms with van der Waals surface area (Å²) in [5.41, 5.74) is 0.251. The maximum atomic E-state index is 13.7. The molecule has 7 aromatic carbocycles. The standard InChI is InChI=1S/C55H37Cl5F6N8O8/c1-26-20-41(68-53(80)49(28(3)76)74-72-43-22-30(5-17-38(43)59)51(78)70-45-24-32(55(64,65)66)7-19-47(45)82-36-14-10-34(57)11-15-36)39(60)25-40(26)67-52(79)48(27(2)75)73-71-42-21-29(4-16-37(42)58)50(77)69-44-23-31(54(61,62)63)6-18-46(44)81-35-12-8-33(56)9-13-35/h4-25,71-72H,1-3H3,(H,67,79)(H,68,80)(H,69,77)(H,70,78)/b73-48-,74-49-. The second-order valence-corrected chi connectivity index (χ2v) is 19.2. The van der Waals surface area contributed by atoms with Gasteiger partial charge in [-0.3, -0.25) is 39.6 Å². The number of alkyl halides is 6. The topological polar surface area (TPSA) is 218 Å². The third-order valence-corrected chi connectivity index (χ3v) is 12.6. The van der Waals surface area contributed by atoms with E-state index in [-0.39, 0.29) is 88.9 Å². The summed E-state index contributed by atoms with van der Waals surface area (Å²) in [6.07, 6.45) is -9.56. The SMILES string of the molecule is CC(=O)/C(=N/Nc1cc(C(=O)Nc2cc(C(F)(F)F)ccc2Oc2ccc(Cl)cc2)ccc1Cl)C(=O)Nc1cc(Cl)c(NC(=O)/C(=N\Nc2cc(C(=O)Nc3cc(C(F)(F)F)ccc3Oc3ccc(Cl)cc3)ccc2Cl)C(C)=O)cc1C. The number of anilines is 6. The number of hydrazone groups is 2. The molecule has 7 aromatic rings. The van der Waals surface area contributed by atoms with Crippen LogP contribution in [-0.2, 0) is 31.5 Å². The van der Waals surface area contributed by atoms with Crippen LogP contribution in [0.4, 0.5) is 60.5 Å². The van der Waals surface area contributed by atoms with Gasteiger partial charge in [-0.15, -0.1) is 0 Å². The second-order valence-electron chi connectivity index (χ2n) is 17.1. The fraction of sp³-hybridized carbons (Fsp3) is 0.0909. The minimum Gasteiger partial charge on any atom is -0.455 e. The summed E-state index contributed by atoms with van der Waals surface area (Å²) in [5, 5.41) is 18.0. The van der Waals surface area contributed by atoms with Gasteiger partial charge in [0.2, 0.25) is 0 Å². The number of aryl methyl sites for hydroxylation is 1. The van der Waals surface area contributed by atoms with E-state index in [1.54, 1.807) is 0 Å². The van der Waals surface area contributed by atoms with Crippen LogP contribution in [0.3, 0.4) is 0 Å². The first kappa shape index (κ1) is 61.0. The molecular weight excluding hydrogens is 1190 g/mol. The molecule has 0 heterocycles. The van der Waals surface area contributed by atoms with Crippen LogP contribution in [-0.4, -0.2) is 46.6 Å². The lowest BCUT2D eigenvalue weighted by molar-refractivity contribution is -0.138. The lowest BCUT2D eigenvalue weighted by Crippen LogP contribution is -2.30. The average molecular weight is 1230 g/mol. The number of ketones is 2. The zero-order valence-electron chi connectivity index (χ0n) is 42.0. The molecule has 0 bridgehead atoms. The van der Waals surface area contributed by atoms with E-state index in [4.69, 9.17) is 67.5 Å². The van der Waals surface area contributed by atoms with Gasteiger partial charge in [0, 0.05) is 40.7 Å². The molecule has 0 radical (unpaired) electrons. The quantitative estimate of drug-likeness (QED) is 0.0207. The van der Waals surface area contributed by atoms with E-state index in [1.807, 2.05) is 0 Å². The first-order valence-electron chi connectivity index (χ1n) is 23.3. The Kier molecular flexibility index (Phi) is 19.2. The van der Waals surface area contributed by atoms with Crippen LogP contribution in [0.15, 0.2) is 144 Å². The van der Waals surface area contributed by atoms with E-state index in [1.165, 1.54) is 91.9 Å². The van der Waals surface area contributed by atoms with Gasteiger partial charge in [0.1, 0.15) is 11.5 Å². The smallest absolute Gasteiger partial charge is 0.416 e. The zero-order chi connectivity index (χ0) is 59.8. The van der Waals surface area contributed by atoms with Crippen LogP contribution in [0.2, 0.25) is 25.1 Å². The Bertz CT molecular complexity index is 3510. The van der Waals surface area contributed by atoms with Crippen LogP contribution in [0.5, 0.6) is 23.0 Å². The van der Waals surface area contributed by atoms with E-state index < -0.39 is 70.1 Å². The number of amides is 4. The summed E-state index contributed by atoms with van der Waals surface area (Å²) in [6.45, 7) is 3.52. The molecule has 4 amide bonds. The highest BCUT2D eigenvalue weighted by Crippen LogP contribution is 2.40. The third-order valence-electron chi connectivity index (χ3n) is 11.1. The van der Waals surface area contributed by atoms with Crippen LogP contribution in [0.1, 0.15) is 51.3 Å². The summed E-state index contributed by atoms with van der Waals surface area (Å²) in [5.74, 6) is -5.61. The molecule has 82 heavy (non-hydrogen) atoms. The number of ether oxygens (including phenoxy) is 2. The molecule has 0 fully saturated rings. The first-order valence-corrected chi connectivity index (χ1v) is 25.2. The molecule has 0 spiro atoms. The van der Waals surface area contributed by atoms with Crippen molar-refractivity contribution in [2.75, 3.05) is 32.1 Å². The van der Waals surface area contributed by atoms with Crippen LogP contribution in [0, 0.1) is 6.92 Å². The molecule has 0 aliphatic carbocycles. The highest BCUT2D eigenvalue weighted by atomic mass is 35.5. The van der Waals surface area contributed by atoms with E-state index in [0.29, 0.717) is 22.2 Å². The van der Waals surface area contributed by atoms with Crippen molar-refractivity contribution in [3.8, 4) is 23.0 Å². The molecule has 16 nitrogen and oxygen atoms in total. The minimum absolute atomic E-state index is 0.0201.